The van der Waals surface area contributed by atoms with Crippen molar-refractivity contribution in [1.82, 2.24) is 10.6 Å². The molecular formula is C29H31F3N2O5. The average molecular weight is 545 g/mol. The van der Waals surface area contributed by atoms with Crippen LogP contribution in [0.2, 0.25) is 0 Å². The molecule has 0 aromatic heterocycles. The summed E-state index contributed by atoms with van der Waals surface area (Å²) in [6.45, 7) is 1.95. The van der Waals surface area contributed by atoms with Gasteiger partial charge in [-0.15, -0.1) is 0 Å². The second-order valence-corrected chi connectivity index (χ2v) is 9.06. The first-order valence-corrected chi connectivity index (χ1v) is 12.4. The number of hydrogen-bond donors (Lipinski definition) is 4. The van der Waals surface area contributed by atoms with E-state index >= 15 is 0 Å². The summed E-state index contributed by atoms with van der Waals surface area (Å²) in [5.41, 5.74) is 4.16. The van der Waals surface area contributed by atoms with Crippen molar-refractivity contribution in [3.63, 3.8) is 0 Å². The van der Waals surface area contributed by atoms with Crippen LogP contribution in [-0.4, -0.2) is 47.6 Å². The molecule has 1 aliphatic heterocycles. The van der Waals surface area contributed by atoms with E-state index < -0.39 is 24.3 Å². The van der Waals surface area contributed by atoms with Gasteiger partial charge in [-0.1, -0.05) is 84.9 Å². The summed E-state index contributed by atoms with van der Waals surface area (Å²) < 4.78 is 37.5. The number of ether oxygens (including phenoxy) is 1. The number of aliphatic hydroxyl groups is 1. The van der Waals surface area contributed by atoms with Gasteiger partial charge in [-0.25, -0.2) is 9.59 Å². The fourth-order valence-electron chi connectivity index (χ4n) is 4.20. The number of hydrogen-bond acceptors (Lipinski definition) is 5. The normalized spacial score (nSPS) is 17.7. The number of aliphatic hydroxyl groups excluding tert-OH is 1. The summed E-state index contributed by atoms with van der Waals surface area (Å²) >= 11 is 0. The minimum Gasteiger partial charge on any atom is -0.475 e. The highest BCUT2D eigenvalue weighted by Gasteiger charge is 2.38. The van der Waals surface area contributed by atoms with Crippen LogP contribution in [0.25, 0.3) is 0 Å². The highest BCUT2D eigenvalue weighted by atomic mass is 19.4. The Morgan fingerprint density at radius 2 is 1.51 bits per heavy atom. The number of aliphatic carboxylic acids is 1. The SMILES string of the molecule is O=C(NCc1ccccc1)O[C@@H]1CNCC[C@H]1c1ccc(C(O)Cc2ccccc2)cc1.O=C(O)C(F)(F)F. The van der Waals surface area contributed by atoms with Gasteiger partial charge in [-0.3, -0.25) is 0 Å². The maximum atomic E-state index is 12.4. The minimum atomic E-state index is -5.08. The summed E-state index contributed by atoms with van der Waals surface area (Å²) in [5, 5.41) is 23.9. The van der Waals surface area contributed by atoms with Crippen molar-refractivity contribution in [2.75, 3.05) is 13.1 Å². The second kappa shape index (κ2) is 14.3. The molecule has 3 aromatic carbocycles. The molecule has 0 radical (unpaired) electrons. The molecule has 1 saturated heterocycles. The monoisotopic (exact) mass is 544 g/mol. The third kappa shape index (κ3) is 9.73. The Morgan fingerprint density at radius 3 is 2.08 bits per heavy atom. The highest BCUT2D eigenvalue weighted by molar-refractivity contribution is 5.73. The smallest absolute Gasteiger partial charge is 0.475 e. The predicted molar refractivity (Wildman–Crippen MR) is 139 cm³/mol. The Kier molecular flexibility index (Phi) is 10.9. The molecule has 4 N–H and O–H groups in total. The standard InChI is InChI=1S/C27H30N2O3.C2HF3O2/c30-25(17-20-7-3-1-4-8-20)23-13-11-22(12-14-23)24-15-16-28-19-26(24)32-27(31)29-18-21-9-5-2-6-10-21;3-2(4,5)1(6)7/h1-14,24-26,28,30H,15-19H2,(H,29,31);(H,6,7)/t24-,25?,26+;/m0./s1. The molecule has 0 aliphatic carbocycles. The Hall–Kier alpha value is -3.89. The predicted octanol–water partition coefficient (Wildman–Crippen LogP) is 4.97. The molecule has 1 heterocycles. The first-order valence-electron chi connectivity index (χ1n) is 12.4. The van der Waals surface area contributed by atoms with E-state index in [2.05, 4.69) is 22.8 Å². The van der Waals surface area contributed by atoms with E-state index in [9.17, 15) is 23.1 Å². The lowest BCUT2D eigenvalue weighted by molar-refractivity contribution is -0.192. The van der Waals surface area contributed by atoms with Gasteiger partial charge in [0.15, 0.2) is 0 Å². The van der Waals surface area contributed by atoms with Crippen LogP contribution in [0, 0.1) is 0 Å². The van der Waals surface area contributed by atoms with E-state index in [1.54, 1.807) is 0 Å². The number of alkyl halides is 3. The number of alkyl carbamates (subject to hydrolysis) is 1. The van der Waals surface area contributed by atoms with Crippen LogP contribution in [0.3, 0.4) is 0 Å². The van der Waals surface area contributed by atoms with Gasteiger partial charge in [-0.05, 0) is 35.2 Å². The Morgan fingerprint density at radius 1 is 0.949 bits per heavy atom. The fraction of sp³-hybridized carbons (Fsp3) is 0.310. The number of carbonyl (C=O) groups is 2. The van der Waals surface area contributed by atoms with Gasteiger partial charge in [0.2, 0.25) is 0 Å². The number of amides is 1. The van der Waals surface area contributed by atoms with Gasteiger partial charge in [0.1, 0.15) is 6.10 Å². The number of halogens is 3. The van der Waals surface area contributed by atoms with E-state index in [1.807, 2.05) is 72.8 Å². The van der Waals surface area contributed by atoms with E-state index in [-0.39, 0.29) is 12.0 Å². The minimum absolute atomic E-state index is 0.124. The number of benzene rings is 3. The lowest BCUT2D eigenvalue weighted by atomic mass is 9.87. The summed E-state index contributed by atoms with van der Waals surface area (Å²) in [6.07, 6.45) is -4.79. The van der Waals surface area contributed by atoms with E-state index in [0.717, 1.165) is 35.2 Å². The molecular weight excluding hydrogens is 513 g/mol. The molecule has 1 unspecified atom stereocenters. The molecule has 0 bridgehead atoms. The van der Waals surface area contributed by atoms with Crippen molar-refractivity contribution in [2.45, 2.75) is 43.7 Å². The van der Waals surface area contributed by atoms with E-state index in [1.165, 1.54) is 0 Å². The van der Waals surface area contributed by atoms with Crippen molar-refractivity contribution in [2.24, 2.45) is 0 Å². The van der Waals surface area contributed by atoms with Crippen LogP contribution in [0.5, 0.6) is 0 Å². The van der Waals surface area contributed by atoms with Crippen LogP contribution in [-0.2, 0) is 22.5 Å². The van der Waals surface area contributed by atoms with Crippen LogP contribution >= 0.6 is 0 Å². The molecule has 208 valence electrons. The zero-order valence-corrected chi connectivity index (χ0v) is 21.1. The zero-order valence-electron chi connectivity index (χ0n) is 21.1. The van der Waals surface area contributed by atoms with Gasteiger partial charge in [-0.2, -0.15) is 13.2 Å². The quantitative estimate of drug-likeness (QED) is 0.335. The number of piperidine rings is 1. The number of carboxylic acid groups (broad SMARTS) is 1. The Bertz CT molecular complexity index is 1180. The van der Waals surface area contributed by atoms with Crippen LogP contribution in [0.1, 0.15) is 40.7 Å². The molecule has 0 saturated carbocycles. The van der Waals surface area contributed by atoms with Crippen molar-refractivity contribution in [1.29, 1.82) is 0 Å². The molecule has 4 rings (SSSR count). The molecule has 39 heavy (non-hydrogen) atoms. The lowest BCUT2D eigenvalue weighted by Gasteiger charge is -2.32. The van der Waals surface area contributed by atoms with Crippen molar-refractivity contribution >= 4 is 12.1 Å². The molecule has 3 aromatic rings. The summed E-state index contributed by atoms with van der Waals surface area (Å²) in [7, 11) is 0. The first kappa shape index (κ1) is 29.7. The number of carbonyl (C=O) groups excluding carboxylic acids is 1. The summed E-state index contributed by atoms with van der Waals surface area (Å²) in [5.74, 6) is -2.63. The van der Waals surface area contributed by atoms with Crippen molar-refractivity contribution < 1.29 is 37.7 Å². The molecule has 3 atom stereocenters. The van der Waals surface area contributed by atoms with Crippen LogP contribution in [0.4, 0.5) is 18.0 Å². The van der Waals surface area contributed by atoms with Gasteiger partial charge in [0, 0.05) is 25.4 Å². The van der Waals surface area contributed by atoms with Crippen LogP contribution < -0.4 is 10.6 Å². The lowest BCUT2D eigenvalue weighted by Crippen LogP contribution is -2.43. The molecule has 1 amide bonds. The van der Waals surface area contributed by atoms with E-state index in [4.69, 9.17) is 14.6 Å². The van der Waals surface area contributed by atoms with Crippen LogP contribution in [0.15, 0.2) is 84.9 Å². The third-order valence-electron chi connectivity index (χ3n) is 6.23. The highest BCUT2D eigenvalue weighted by Crippen LogP contribution is 2.29. The van der Waals surface area contributed by atoms with Crippen molar-refractivity contribution in [3.8, 4) is 0 Å². The number of nitrogens with one attached hydrogen (secondary N) is 2. The van der Waals surface area contributed by atoms with Gasteiger partial charge in [0.25, 0.3) is 0 Å². The van der Waals surface area contributed by atoms with Gasteiger partial charge in [0.05, 0.1) is 6.10 Å². The molecule has 0 spiro atoms. The summed E-state index contributed by atoms with van der Waals surface area (Å²) in [4.78, 5) is 21.3. The maximum absolute atomic E-state index is 12.4. The molecule has 1 fully saturated rings. The fourth-order valence-corrected chi connectivity index (χ4v) is 4.20. The Labute approximate surface area is 224 Å². The third-order valence-corrected chi connectivity index (χ3v) is 6.23. The zero-order chi connectivity index (χ0) is 28.3. The Balaban J connectivity index is 0.000000532. The number of rotatable bonds is 7. The maximum Gasteiger partial charge on any atom is 0.490 e. The van der Waals surface area contributed by atoms with Crippen molar-refractivity contribution in [3.05, 3.63) is 107 Å². The second-order valence-electron chi connectivity index (χ2n) is 9.06. The van der Waals surface area contributed by atoms with E-state index in [0.29, 0.717) is 19.5 Å². The van der Waals surface area contributed by atoms with Gasteiger partial charge < -0.3 is 25.6 Å². The molecule has 1 aliphatic rings. The molecule has 10 heteroatoms. The first-order chi connectivity index (χ1) is 18.6. The average Bonchev–Trinajstić information content (AvgIpc) is 2.93. The topological polar surface area (TPSA) is 108 Å². The molecule has 7 nitrogen and oxygen atoms in total. The van der Waals surface area contributed by atoms with Gasteiger partial charge >= 0.3 is 18.2 Å². The largest absolute Gasteiger partial charge is 0.490 e. The summed E-state index contributed by atoms with van der Waals surface area (Å²) in [6, 6.07) is 27.9. The number of carboxylic acids is 1.